The molecule has 78 valence electrons. The van der Waals surface area contributed by atoms with E-state index in [1.54, 1.807) is 6.92 Å². The van der Waals surface area contributed by atoms with Crippen LogP contribution in [0.1, 0.15) is 19.8 Å². The van der Waals surface area contributed by atoms with E-state index in [1.165, 1.54) is 25.9 Å². The van der Waals surface area contributed by atoms with Crippen LogP contribution in [-0.4, -0.2) is 47.9 Å². The fourth-order valence-electron chi connectivity index (χ4n) is 3.02. The Labute approximate surface area is 85.1 Å². The van der Waals surface area contributed by atoms with E-state index in [9.17, 15) is 4.79 Å². The number of carbonyl (C=O) groups is 1. The molecule has 3 nitrogen and oxygen atoms in total. The van der Waals surface area contributed by atoms with E-state index >= 15 is 0 Å². The molecule has 2 unspecified atom stereocenters. The van der Waals surface area contributed by atoms with Gasteiger partial charge in [0.2, 0.25) is 5.91 Å². The number of fused-ring (bicyclic) bond motifs is 1. The van der Waals surface area contributed by atoms with Gasteiger partial charge in [-0.15, -0.1) is 0 Å². The van der Waals surface area contributed by atoms with Gasteiger partial charge in [0.1, 0.15) is 0 Å². The van der Waals surface area contributed by atoms with Gasteiger partial charge in [0, 0.05) is 39.1 Å². The third kappa shape index (κ3) is 1.34. The van der Waals surface area contributed by atoms with Gasteiger partial charge in [-0.3, -0.25) is 9.69 Å². The molecule has 2 atom stereocenters. The van der Waals surface area contributed by atoms with E-state index in [0.29, 0.717) is 0 Å². The minimum Gasteiger partial charge on any atom is -0.342 e. The molecule has 3 aliphatic rings. The molecule has 0 aromatic heterocycles. The number of rotatable bonds is 1. The first-order valence-electron chi connectivity index (χ1n) is 5.73. The molecule has 1 saturated carbocycles. The van der Waals surface area contributed by atoms with E-state index in [0.717, 1.165) is 31.0 Å². The molecular formula is C11H18N2O. The van der Waals surface area contributed by atoms with Crippen LogP contribution in [0.25, 0.3) is 0 Å². The van der Waals surface area contributed by atoms with Gasteiger partial charge >= 0.3 is 0 Å². The highest BCUT2D eigenvalue weighted by molar-refractivity contribution is 5.73. The van der Waals surface area contributed by atoms with E-state index < -0.39 is 0 Å². The van der Waals surface area contributed by atoms with Gasteiger partial charge in [0.05, 0.1) is 0 Å². The molecule has 2 heterocycles. The molecule has 0 aromatic rings. The lowest BCUT2D eigenvalue weighted by Gasteiger charge is -2.19. The molecule has 0 bridgehead atoms. The van der Waals surface area contributed by atoms with E-state index in [4.69, 9.17) is 0 Å². The van der Waals surface area contributed by atoms with Crippen LogP contribution in [0.3, 0.4) is 0 Å². The van der Waals surface area contributed by atoms with Crippen molar-refractivity contribution in [2.45, 2.75) is 25.8 Å². The number of nitrogens with zero attached hydrogens (tertiary/aromatic N) is 2. The highest BCUT2D eigenvalue weighted by Gasteiger charge is 2.44. The van der Waals surface area contributed by atoms with Crippen LogP contribution in [0.5, 0.6) is 0 Å². The summed E-state index contributed by atoms with van der Waals surface area (Å²) in [6.07, 6.45) is 2.83. The molecule has 1 aliphatic carbocycles. The first kappa shape index (κ1) is 8.72. The van der Waals surface area contributed by atoms with Gasteiger partial charge < -0.3 is 4.90 Å². The summed E-state index contributed by atoms with van der Waals surface area (Å²) >= 11 is 0. The van der Waals surface area contributed by atoms with Crippen LogP contribution in [-0.2, 0) is 4.79 Å². The van der Waals surface area contributed by atoms with Gasteiger partial charge in [-0.1, -0.05) is 0 Å². The predicted octanol–water partition coefficient (Wildman–Crippen LogP) is 0.559. The van der Waals surface area contributed by atoms with Gasteiger partial charge in [-0.05, 0) is 24.7 Å². The van der Waals surface area contributed by atoms with E-state index in [-0.39, 0.29) is 5.91 Å². The van der Waals surface area contributed by atoms with Crippen LogP contribution in [0.15, 0.2) is 0 Å². The van der Waals surface area contributed by atoms with Crippen LogP contribution >= 0.6 is 0 Å². The van der Waals surface area contributed by atoms with Gasteiger partial charge in [0.15, 0.2) is 0 Å². The third-order valence-corrected chi connectivity index (χ3v) is 4.02. The molecule has 3 heteroatoms. The van der Waals surface area contributed by atoms with Crippen molar-refractivity contribution in [2.24, 2.45) is 11.8 Å². The lowest BCUT2D eigenvalue weighted by atomic mass is 10.0. The number of carbonyl (C=O) groups excluding carboxylic acids is 1. The van der Waals surface area contributed by atoms with E-state index in [1.807, 2.05) is 4.90 Å². The molecule has 0 spiro atoms. The Morgan fingerprint density at radius 1 is 1.07 bits per heavy atom. The van der Waals surface area contributed by atoms with Crippen LogP contribution in [0, 0.1) is 11.8 Å². The topological polar surface area (TPSA) is 23.6 Å². The fraction of sp³-hybridized carbons (Fsp3) is 0.909. The first-order chi connectivity index (χ1) is 6.74. The number of amides is 1. The fourth-order valence-corrected chi connectivity index (χ4v) is 3.02. The molecule has 0 N–H and O–H groups in total. The second-order valence-corrected chi connectivity index (χ2v) is 5.13. The zero-order valence-corrected chi connectivity index (χ0v) is 8.78. The number of hydrogen-bond acceptors (Lipinski definition) is 2. The minimum atomic E-state index is 0.261. The SMILES string of the molecule is CC(=O)N1CC2CN(C3CC3)CC2C1. The summed E-state index contributed by atoms with van der Waals surface area (Å²) in [5.74, 6) is 1.82. The number of likely N-dealkylation sites (tertiary alicyclic amines) is 2. The maximum Gasteiger partial charge on any atom is 0.219 e. The Morgan fingerprint density at radius 3 is 2.07 bits per heavy atom. The second kappa shape index (κ2) is 2.96. The van der Waals surface area contributed by atoms with Crippen molar-refractivity contribution in [3.8, 4) is 0 Å². The Balaban J connectivity index is 1.62. The minimum absolute atomic E-state index is 0.261. The largest absolute Gasteiger partial charge is 0.342 e. The Hall–Kier alpha value is -0.570. The van der Waals surface area contributed by atoms with Crippen LogP contribution in [0.2, 0.25) is 0 Å². The van der Waals surface area contributed by atoms with Gasteiger partial charge in [0.25, 0.3) is 0 Å². The standard InChI is InChI=1S/C11H18N2O/c1-8(14)12-4-9-6-13(11-2-3-11)7-10(9)5-12/h9-11H,2-7H2,1H3. The quantitative estimate of drug-likeness (QED) is 0.609. The predicted molar refractivity (Wildman–Crippen MR) is 53.8 cm³/mol. The summed E-state index contributed by atoms with van der Waals surface area (Å²) in [7, 11) is 0. The average molecular weight is 194 g/mol. The molecule has 0 aromatic carbocycles. The molecule has 0 radical (unpaired) electrons. The third-order valence-electron chi connectivity index (χ3n) is 4.02. The lowest BCUT2D eigenvalue weighted by molar-refractivity contribution is -0.128. The highest BCUT2D eigenvalue weighted by atomic mass is 16.2. The van der Waals surface area contributed by atoms with Crippen molar-refractivity contribution in [3.05, 3.63) is 0 Å². The van der Waals surface area contributed by atoms with Crippen molar-refractivity contribution in [1.29, 1.82) is 0 Å². The van der Waals surface area contributed by atoms with Crippen molar-refractivity contribution in [2.75, 3.05) is 26.2 Å². The molecule has 14 heavy (non-hydrogen) atoms. The summed E-state index contributed by atoms with van der Waals surface area (Å²) in [6, 6.07) is 0.909. The van der Waals surface area contributed by atoms with Crippen molar-refractivity contribution >= 4 is 5.91 Å². The maximum absolute atomic E-state index is 11.2. The Kier molecular flexibility index (Phi) is 1.84. The second-order valence-electron chi connectivity index (χ2n) is 5.13. The summed E-state index contributed by atoms with van der Waals surface area (Å²) in [5.41, 5.74) is 0. The molecule has 2 saturated heterocycles. The molecule has 2 aliphatic heterocycles. The molecule has 3 fully saturated rings. The van der Waals surface area contributed by atoms with Crippen LogP contribution in [0.4, 0.5) is 0 Å². The zero-order chi connectivity index (χ0) is 9.71. The van der Waals surface area contributed by atoms with E-state index in [2.05, 4.69) is 4.90 Å². The average Bonchev–Trinajstić information content (AvgIpc) is 2.76. The van der Waals surface area contributed by atoms with Crippen molar-refractivity contribution in [3.63, 3.8) is 0 Å². The monoisotopic (exact) mass is 194 g/mol. The lowest BCUT2D eigenvalue weighted by Crippen LogP contribution is -2.32. The maximum atomic E-state index is 11.2. The first-order valence-corrected chi connectivity index (χ1v) is 5.73. The highest BCUT2D eigenvalue weighted by Crippen LogP contribution is 2.37. The smallest absolute Gasteiger partial charge is 0.219 e. The Morgan fingerprint density at radius 2 is 1.64 bits per heavy atom. The van der Waals surface area contributed by atoms with Gasteiger partial charge in [-0.2, -0.15) is 0 Å². The summed E-state index contributed by atoms with van der Waals surface area (Å²) in [6.45, 7) is 6.23. The molecular weight excluding hydrogens is 176 g/mol. The normalized spacial score (nSPS) is 37.6. The van der Waals surface area contributed by atoms with Gasteiger partial charge in [-0.25, -0.2) is 0 Å². The van der Waals surface area contributed by atoms with Crippen molar-refractivity contribution in [1.82, 2.24) is 9.80 Å². The summed E-state index contributed by atoms with van der Waals surface area (Å²) in [5, 5.41) is 0. The molecule has 3 rings (SSSR count). The Bertz CT molecular complexity index is 248. The van der Waals surface area contributed by atoms with Crippen LogP contribution < -0.4 is 0 Å². The van der Waals surface area contributed by atoms with Crippen molar-refractivity contribution < 1.29 is 4.79 Å². The number of hydrogen-bond donors (Lipinski definition) is 0. The zero-order valence-electron chi connectivity index (χ0n) is 8.78. The molecule has 1 amide bonds. The summed E-state index contributed by atoms with van der Waals surface area (Å²) < 4.78 is 0. The summed E-state index contributed by atoms with van der Waals surface area (Å²) in [4.78, 5) is 15.9.